The fraction of sp³-hybridized carbons (Fsp3) is 0.171. The Labute approximate surface area is 244 Å². The van der Waals surface area contributed by atoms with Crippen LogP contribution in [0.25, 0.3) is 6.08 Å². The lowest BCUT2D eigenvalue weighted by Gasteiger charge is -2.20. The molecule has 0 bridgehead atoms. The Kier molecular flexibility index (Phi) is 10.0. The van der Waals surface area contributed by atoms with E-state index in [1.807, 2.05) is 30.3 Å². The van der Waals surface area contributed by atoms with Gasteiger partial charge in [-0.05, 0) is 66.3 Å². The smallest absolute Gasteiger partial charge is 0.193 e. The Hall–Kier alpha value is -5.01. The Morgan fingerprint density at radius 2 is 1.52 bits per heavy atom. The predicted octanol–water partition coefficient (Wildman–Crippen LogP) is 6.49. The highest BCUT2D eigenvalue weighted by molar-refractivity contribution is 6.11. The average molecular weight is 567 g/mol. The monoisotopic (exact) mass is 566 g/mol. The third-order valence-electron chi connectivity index (χ3n) is 6.98. The first-order chi connectivity index (χ1) is 20.3. The lowest BCUT2D eigenvalue weighted by molar-refractivity contribution is 0.104. The van der Waals surface area contributed by atoms with Crippen molar-refractivity contribution in [1.29, 1.82) is 0 Å². The molecule has 0 unspecified atom stereocenters. The first-order valence-electron chi connectivity index (χ1n) is 13.6. The lowest BCUT2D eigenvalue weighted by atomic mass is 9.86. The Bertz CT molecular complexity index is 1540. The van der Waals surface area contributed by atoms with Gasteiger partial charge in [-0.3, -0.25) is 4.79 Å². The van der Waals surface area contributed by atoms with E-state index in [0.29, 0.717) is 24.0 Å². The Balaban J connectivity index is 1.65. The zero-order valence-electron chi connectivity index (χ0n) is 23.2. The van der Waals surface area contributed by atoms with Crippen molar-refractivity contribution in [2.24, 2.45) is 0 Å². The van der Waals surface area contributed by atoms with E-state index >= 15 is 0 Å². The second kappa shape index (κ2) is 14.1. The van der Waals surface area contributed by atoms with Gasteiger partial charge >= 0.3 is 0 Å². The minimum Gasteiger partial charge on any atom is -0.508 e. The second-order valence-corrected chi connectivity index (χ2v) is 9.94. The molecular weight excluding hydrogens is 532 g/mol. The molecule has 0 aromatic heterocycles. The van der Waals surface area contributed by atoms with Gasteiger partial charge in [0.25, 0.3) is 0 Å². The normalized spacial score (nSPS) is 12.9. The van der Waals surface area contributed by atoms with Gasteiger partial charge in [-0.2, -0.15) is 0 Å². The highest BCUT2D eigenvalue weighted by Gasteiger charge is 2.27. The fourth-order valence-corrected chi connectivity index (χ4v) is 4.72. The number of methoxy groups -OCH3 is 1. The van der Waals surface area contributed by atoms with Crippen LogP contribution in [0.3, 0.4) is 0 Å². The zero-order valence-corrected chi connectivity index (χ0v) is 23.2. The fourth-order valence-electron chi connectivity index (χ4n) is 4.72. The first-order valence-corrected chi connectivity index (χ1v) is 13.6. The van der Waals surface area contributed by atoms with Crippen molar-refractivity contribution in [2.45, 2.75) is 31.3 Å². The third kappa shape index (κ3) is 7.59. The lowest BCUT2D eigenvalue weighted by Crippen LogP contribution is -2.08. The quantitative estimate of drug-likeness (QED) is 0.0754. The molecule has 4 aromatic carbocycles. The average Bonchev–Trinajstić information content (AvgIpc) is 2.99. The third-order valence-corrected chi connectivity index (χ3v) is 6.98. The van der Waals surface area contributed by atoms with Crippen molar-refractivity contribution in [2.75, 3.05) is 7.11 Å². The summed E-state index contributed by atoms with van der Waals surface area (Å²) in [5.41, 5.74) is 2.39. The van der Waals surface area contributed by atoms with Crippen LogP contribution in [0.4, 0.5) is 0 Å². The maximum Gasteiger partial charge on any atom is 0.193 e. The largest absolute Gasteiger partial charge is 0.508 e. The van der Waals surface area contributed by atoms with Gasteiger partial charge in [-0.25, -0.2) is 0 Å². The highest BCUT2D eigenvalue weighted by Crippen LogP contribution is 2.45. The Morgan fingerprint density at radius 3 is 2.17 bits per heavy atom. The number of aliphatic hydroxyl groups is 1. The van der Waals surface area contributed by atoms with Gasteiger partial charge in [0.15, 0.2) is 5.78 Å². The molecule has 0 aliphatic carbocycles. The number of carbonyl (C=O) groups excluding carboxylic acids is 1. The molecule has 2 atom stereocenters. The molecule has 0 radical (unpaired) electrons. The number of aryl methyl sites for hydroxylation is 1. The van der Waals surface area contributed by atoms with Crippen LogP contribution < -0.4 is 4.74 Å². The SMILES string of the molecule is COc1cc(O)c([C@@H](/C=C/C[C@H](O)CCc2ccccc2)c2ccc(O)cc2)c(O)c1C(=O)/C=C/c1ccc(O)cc1. The molecule has 0 spiro atoms. The van der Waals surface area contributed by atoms with E-state index in [-0.39, 0.29) is 34.1 Å². The van der Waals surface area contributed by atoms with Gasteiger partial charge in [0.2, 0.25) is 0 Å². The summed E-state index contributed by atoms with van der Waals surface area (Å²) in [6.07, 6.45) is 7.36. The van der Waals surface area contributed by atoms with E-state index in [1.54, 1.807) is 42.5 Å². The summed E-state index contributed by atoms with van der Waals surface area (Å²) in [7, 11) is 1.34. The molecule has 7 nitrogen and oxygen atoms in total. The van der Waals surface area contributed by atoms with Crippen molar-refractivity contribution >= 4 is 11.9 Å². The number of rotatable bonds is 12. The van der Waals surface area contributed by atoms with E-state index in [4.69, 9.17) is 4.74 Å². The highest BCUT2D eigenvalue weighted by atomic mass is 16.5. The van der Waals surface area contributed by atoms with Crippen molar-refractivity contribution in [3.05, 3.63) is 131 Å². The summed E-state index contributed by atoms with van der Waals surface area (Å²) in [5, 5.41) is 52.4. The van der Waals surface area contributed by atoms with Gasteiger partial charge in [0.05, 0.1) is 13.2 Å². The summed E-state index contributed by atoms with van der Waals surface area (Å²) >= 11 is 0. The van der Waals surface area contributed by atoms with Gasteiger partial charge in [-0.1, -0.05) is 72.8 Å². The van der Waals surface area contributed by atoms with Crippen LogP contribution in [0.15, 0.2) is 103 Å². The van der Waals surface area contributed by atoms with E-state index in [1.165, 1.54) is 43.5 Å². The number of ether oxygens (including phenoxy) is 1. The summed E-state index contributed by atoms with van der Waals surface area (Å²) < 4.78 is 5.34. The number of ketones is 1. The van der Waals surface area contributed by atoms with Crippen LogP contribution in [-0.2, 0) is 6.42 Å². The number of benzene rings is 4. The molecule has 4 rings (SSSR count). The van der Waals surface area contributed by atoms with Crippen molar-refractivity contribution in [3.63, 3.8) is 0 Å². The number of allylic oxidation sites excluding steroid dienone is 2. The summed E-state index contributed by atoms with van der Waals surface area (Å²) in [6.45, 7) is 0. The van der Waals surface area contributed by atoms with E-state index in [9.17, 15) is 30.3 Å². The van der Waals surface area contributed by atoms with Crippen LogP contribution in [0, 0.1) is 0 Å². The molecule has 7 heteroatoms. The van der Waals surface area contributed by atoms with Crippen LogP contribution in [-0.4, -0.2) is 44.5 Å². The first kappa shape index (κ1) is 30.0. The summed E-state index contributed by atoms with van der Waals surface area (Å²) in [6, 6.07) is 23.7. The number of aromatic hydroxyl groups is 4. The van der Waals surface area contributed by atoms with Gasteiger partial charge < -0.3 is 30.3 Å². The van der Waals surface area contributed by atoms with Crippen molar-refractivity contribution in [1.82, 2.24) is 0 Å². The molecule has 0 heterocycles. The van der Waals surface area contributed by atoms with Crippen LogP contribution >= 0.6 is 0 Å². The molecule has 0 saturated heterocycles. The topological polar surface area (TPSA) is 127 Å². The number of carbonyl (C=O) groups is 1. The molecule has 0 fully saturated rings. The number of hydrogen-bond donors (Lipinski definition) is 5. The zero-order chi connectivity index (χ0) is 30.1. The summed E-state index contributed by atoms with van der Waals surface area (Å²) in [5.74, 6) is -1.85. The van der Waals surface area contributed by atoms with E-state index < -0.39 is 23.6 Å². The van der Waals surface area contributed by atoms with Crippen molar-refractivity contribution < 1.29 is 35.1 Å². The molecule has 5 N–H and O–H groups in total. The van der Waals surface area contributed by atoms with Crippen LogP contribution in [0.5, 0.6) is 28.7 Å². The minimum atomic E-state index is -0.717. The number of phenols is 4. The van der Waals surface area contributed by atoms with Gasteiger partial charge in [-0.15, -0.1) is 0 Å². The molecule has 0 saturated carbocycles. The number of aliphatic hydroxyl groups excluding tert-OH is 1. The molecule has 0 aliphatic rings. The maximum atomic E-state index is 13.3. The molecule has 4 aromatic rings. The molecular formula is C35H34O7. The number of phenolic OH excluding ortho intramolecular Hbond substituents is 4. The van der Waals surface area contributed by atoms with Gasteiger partial charge in [0, 0.05) is 17.5 Å². The second-order valence-electron chi connectivity index (χ2n) is 9.94. The van der Waals surface area contributed by atoms with Crippen molar-refractivity contribution in [3.8, 4) is 28.7 Å². The van der Waals surface area contributed by atoms with Crippen LogP contribution in [0.2, 0.25) is 0 Å². The van der Waals surface area contributed by atoms with Gasteiger partial charge in [0.1, 0.15) is 34.3 Å². The molecule has 216 valence electrons. The molecule has 42 heavy (non-hydrogen) atoms. The summed E-state index contributed by atoms with van der Waals surface area (Å²) in [4.78, 5) is 13.3. The number of hydrogen-bond acceptors (Lipinski definition) is 7. The van der Waals surface area contributed by atoms with E-state index in [2.05, 4.69) is 0 Å². The van der Waals surface area contributed by atoms with E-state index in [0.717, 1.165) is 12.0 Å². The van der Waals surface area contributed by atoms with Crippen LogP contribution in [0.1, 0.15) is 51.4 Å². The molecule has 0 aliphatic heterocycles. The Morgan fingerprint density at radius 1 is 0.881 bits per heavy atom. The standard InChI is InChI=1S/C35H34O7/c1-42-32-22-31(40)33(35(41)34(32)30(39)21-13-24-11-17-27(37)18-12-24)29(25-14-19-28(38)20-15-25)9-5-8-26(36)16-10-23-6-3-2-4-7-23/h2-7,9,11-15,17-22,26,29,36-38,40-41H,8,10,16H2,1H3/b9-5+,21-13+/t26-,29-/m0/s1. The molecule has 0 amide bonds. The minimum absolute atomic E-state index is 0.00104. The predicted molar refractivity (Wildman–Crippen MR) is 162 cm³/mol. The maximum absolute atomic E-state index is 13.3.